The van der Waals surface area contributed by atoms with Crippen molar-refractivity contribution in [3.8, 4) is 5.75 Å². The van der Waals surface area contributed by atoms with E-state index in [-0.39, 0.29) is 12.3 Å². The largest absolute Gasteiger partial charge is 0.493 e. The van der Waals surface area contributed by atoms with E-state index in [0.717, 1.165) is 61.5 Å². The molecule has 3 aromatic rings. The molecule has 200 valence electrons. The molecule has 3 aliphatic rings. The first-order valence-electron chi connectivity index (χ1n) is 13.4. The minimum atomic E-state index is -0.403. The predicted molar refractivity (Wildman–Crippen MR) is 139 cm³/mol. The van der Waals surface area contributed by atoms with Crippen LogP contribution < -0.4 is 9.64 Å². The number of halogens is 2. The number of rotatable bonds is 8. The van der Waals surface area contributed by atoms with E-state index in [1.807, 2.05) is 0 Å². The molecule has 10 heteroatoms. The maximum absolute atomic E-state index is 14.7. The van der Waals surface area contributed by atoms with Crippen LogP contribution in [0.15, 0.2) is 41.3 Å². The van der Waals surface area contributed by atoms with Crippen LogP contribution in [-0.4, -0.2) is 52.2 Å². The lowest BCUT2D eigenvalue weighted by atomic mass is 9.90. The predicted octanol–water partition coefficient (Wildman–Crippen LogP) is 4.71. The van der Waals surface area contributed by atoms with Crippen LogP contribution in [-0.2, 0) is 24.2 Å². The van der Waals surface area contributed by atoms with Gasteiger partial charge in [0.05, 0.1) is 43.2 Å². The molecule has 4 heterocycles. The quantitative estimate of drug-likeness (QED) is 0.410. The van der Waals surface area contributed by atoms with Gasteiger partial charge in [0.25, 0.3) is 0 Å². The van der Waals surface area contributed by atoms with Crippen molar-refractivity contribution in [3.05, 3.63) is 64.5 Å². The number of carbonyl (C=O) groups is 1. The number of piperidine rings is 1. The van der Waals surface area contributed by atoms with Crippen molar-refractivity contribution in [2.45, 2.75) is 45.1 Å². The first-order chi connectivity index (χ1) is 18.5. The number of benzene rings is 1. The molecule has 2 atom stereocenters. The van der Waals surface area contributed by atoms with Gasteiger partial charge in [-0.3, -0.25) is 4.79 Å². The van der Waals surface area contributed by atoms with Crippen molar-refractivity contribution in [3.63, 3.8) is 0 Å². The van der Waals surface area contributed by atoms with Crippen LogP contribution in [0.2, 0.25) is 5.02 Å². The Kier molecular flexibility index (Phi) is 7.19. The second kappa shape index (κ2) is 10.9. The molecule has 6 rings (SSSR count). The average Bonchev–Trinajstić information content (AvgIpc) is 3.55. The fourth-order valence-corrected chi connectivity index (χ4v) is 5.99. The normalized spacial score (nSPS) is 21.3. The Balaban J connectivity index is 0.921. The number of nitrogens with zero attached hydrogens (tertiary/aromatic N) is 5. The number of fused-ring (bicyclic) bond motifs is 1. The Labute approximate surface area is 226 Å². The van der Waals surface area contributed by atoms with Gasteiger partial charge in [-0.25, -0.2) is 14.4 Å². The lowest BCUT2D eigenvalue weighted by Gasteiger charge is -2.32. The summed E-state index contributed by atoms with van der Waals surface area (Å²) >= 11 is 5.90. The standard InChI is InChI=1S/C28H31ClFN5O3/c29-22-15-31-28(32-16-22)34-7-3-18(4-8-34)24-11-19(24)6-10-37-23-2-1-20(25(30)13-23)12-27(36)35-9-5-26-21(17-35)14-33-38-26/h1-2,13-16,18-19,24H,3-12,17H2/t19-,24?/m1/s1. The van der Waals surface area contributed by atoms with E-state index in [2.05, 4.69) is 20.0 Å². The molecule has 1 aromatic carbocycles. The zero-order chi connectivity index (χ0) is 26.1. The monoisotopic (exact) mass is 539 g/mol. The van der Waals surface area contributed by atoms with Crippen molar-refractivity contribution >= 4 is 23.5 Å². The van der Waals surface area contributed by atoms with Gasteiger partial charge in [-0.2, -0.15) is 0 Å². The highest BCUT2D eigenvalue weighted by atomic mass is 35.5. The minimum Gasteiger partial charge on any atom is -0.493 e. The van der Waals surface area contributed by atoms with E-state index in [0.29, 0.717) is 48.4 Å². The molecule has 1 unspecified atom stereocenters. The maximum Gasteiger partial charge on any atom is 0.227 e. The molecule has 0 bridgehead atoms. The summed E-state index contributed by atoms with van der Waals surface area (Å²) in [6.07, 6.45) is 10.1. The molecule has 0 radical (unpaired) electrons. The number of anilines is 1. The number of hydrogen-bond donors (Lipinski definition) is 0. The van der Waals surface area contributed by atoms with E-state index < -0.39 is 5.82 Å². The van der Waals surface area contributed by atoms with Gasteiger partial charge < -0.3 is 19.1 Å². The van der Waals surface area contributed by atoms with Crippen molar-refractivity contribution in [1.29, 1.82) is 0 Å². The second-order valence-corrected chi connectivity index (χ2v) is 11.0. The molecular weight excluding hydrogens is 509 g/mol. The molecule has 1 saturated carbocycles. The summed E-state index contributed by atoms with van der Waals surface area (Å²) in [5.41, 5.74) is 1.31. The summed E-state index contributed by atoms with van der Waals surface area (Å²) in [5, 5.41) is 4.35. The summed E-state index contributed by atoms with van der Waals surface area (Å²) in [6, 6.07) is 4.82. The van der Waals surface area contributed by atoms with Gasteiger partial charge in [0.15, 0.2) is 0 Å². The fraction of sp³-hybridized carbons (Fsp3) is 0.500. The third-order valence-corrected chi connectivity index (χ3v) is 8.38. The summed E-state index contributed by atoms with van der Waals surface area (Å²) in [4.78, 5) is 25.4. The average molecular weight is 540 g/mol. The highest BCUT2D eigenvalue weighted by Crippen LogP contribution is 2.49. The Bertz CT molecular complexity index is 1280. The van der Waals surface area contributed by atoms with Crippen LogP contribution in [0.25, 0.3) is 0 Å². The third kappa shape index (κ3) is 5.62. The molecule has 2 aromatic heterocycles. The molecule has 2 fully saturated rings. The van der Waals surface area contributed by atoms with Crippen LogP contribution in [0.5, 0.6) is 5.75 Å². The Morgan fingerprint density at radius 1 is 1.16 bits per heavy atom. The summed E-state index contributed by atoms with van der Waals surface area (Å²) < 4.78 is 25.8. The Morgan fingerprint density at radius 2 is 1.97 bits per heavy atom. The summed E-state index contributed by atoms with van der Waals surface area (Å²) in [7, 11) is 0. The van der Waals surface area contributed by atoms with Gasteiger partial charge >= 0.3 is 0 Å². The molecule has 0 spiro atoms. The van der Waals surface area contributed by atoms with Gasteiger partial charge in [-0.1, -0.05) is 22.8 Å². The smallest absolute Gasteiger partial charge is 0.227 e. The maximum atomic E-state index is 14.7. The van der Waals surface area contributed by atoms with Crippen LogP contribution in [0.3, 0.4) is 0 Å². The number of amides is 1. The highest BCUT2D eigenvalue weighted by Gasteiger charge is 2.43. The molecule has 38 heavy (non-hydrogen) atoms. The van der Waals surface area contributed by atoms with Crippen LogP contribution in [0.1, 0.15) is 42.6 Å². The van der Waals surface area contributed by atoms with Gasteiger partial charge in [0.1, 0.15) is 17.3 Å². The first-order valence-corrected chi connectivity index (χ1v) is 13.7. The lowest BCUT2D eigenvalue weighted by molar-refractivity contribution is -0.131. The fourth-order valence-electron chi connectivity index (χ4n) is 5.89. The van der Waals surface area contributed by atoms with E-state index >= 15 is 0 Å². The number of hydrogen-bond acceptors (Lipinski definition) is 7. The lowest BCUT2D eigenvalue weighted by Crippen LogP contribution is -2.36. The molecule has 2 aliphatic heterocycles. The van der Waals surface area contributed by atoms with Crippen LogP contribution in [0, 0.1) is 23.6 Å². The van der Waals surface area contributed by atoms with E-state index in [9.17, 15) is 9.18 Å². The van der Waals surface area contributed by atoms with Crippen molar-refractivity contribution < 1.29 is 18.4 Å². The molecule has 8 nitrogen and oxygen atoms in total. The van der Waals surface area contributed by atoms with E-state index in [4.69, 9.17) is 20.9 Å². The SMILES string of the molecule is O=C(Cc1ccc(OCC[C@@H]2CC2C2CCN(c3ncc(Cl)cn3)CC2)cc1F)N1CCc2oncc2C1. The summed E-state index contributed by atoms with van der Waals surface area (Å²) in [6.45, 7) is 3.53. The highest BCUT2D eigenvalue weighted by molar-refractivity contribution is 6.30. The topological polar surface area (TPSA) is 84.6 Å². The number of ether oxygens (including phenoxy) is 1. The van der Waals surface area contributed by atoms with Gasteiger partial charge in [-0.15, -0.1) is 0 Å². The van der Waals surface area contributed by atoms with Gasteiger partial charge in [0.2, 0.25) is 11.9 Å². The first kappa shape index (κ1) is 25.1. The molecule has 0 N–H and O–H groups in total. The number of carbonyl (C=O) groups excluding carboxylic acids is 1. The molecular formula is C28H31ClFN5O3. The Morgan fingerprint density at radius 3 is 2.76 bits per heavy atom. The molecule has 1 saturated heterocycles. The molecule has 1 aliphatic carbocycles. The number of aromatic nitrogens is 3. The van der Waals surface area contributed by atoms with Crippen LogP contribution >= 0.6 is 11.6 Å². The molecule has 1 amide bonds. The van der Waals surface area contributed by atoms with Gasteiger partial charge in [0, 0.05) is 37.7 Å². The van der Waals surface area contributed by atoms with Crippen molar-refractivity contribution in [2.24, 2.45) is 17.8 Å². The second-order valence-electron chi connectivity index (χ2n) is 10.6. The van der Waals surface area contributed by atoms with Gasteiger partial charge in [-0.05, 0) is 55.1 Å². The van der Waals surface area contributed by atoms with E-state index in [1.54, 1.807) is 35.6 Å². The third-order valence-electron chi connectivity index (χ3n) is 8.19. The zero-order valence-corrected chi connectivity index (χ0v) is 21.9. The van der Waals surface area contributed by atoms with Crippen LogP contribution in [0.4, 0.5) is 10.3 Å². The van der Waals surface area contributed by atoms with E-state index in [1.165, 1.54) is 12.5 Å². The minimum absolute atomic E-state index is 0.0272. The van der Waals surface area contributed by atoms with Crippen molar-refractivity contribution in [1.82, 2.24) is 20.0 Å². The zero-order valence-electron chi connectivity index (χ0n) is 21.2. The van der Waals surface area contributed by atoms with Crippen molar-refractivity contribution in [2.75, 3.05) is 31.1 Å². The Hall–Kier alpha value is -3.20. The summed E-state index contributed by atoms with van der Waals surface area (Å²) in [5.74, 6) is 3.75.